The highest BCUT2D eigenvalue weighted by Crippen LogP contribution is 2.14. The molecule has 0 bridgehead atoms. The smallest absolute Gasteiger partial charge is 0.119 e. The number of rotatable bonds is 8. The highest BCUT2D eigenvalue weighted by Gasteiger charge is 2.11. The Morgan fingerprint density at radius 1 is 1.12 bits per heavy atom. The van der Waals surface area contributed by atoms with E-state index in [0.29, 0.717) is 25.0 Å². The number of ether oxygens (including phenoxy) is 2. The molecule has 0 amide bonds. The van der Waals surface area contributed by atoms with E-state index in [1.807, 2.05) is 30.3 Å². The monoisotopic (exact) mass is 300 g/mol. The Morgan fingerprint density at radius 3 is 2.41 bits per heavy atom. The van der Waals surface area contributed by atoms with Crippen LogP contribution < -0.4 is 4.74 Å². The van der Waals surface area contributed by atoms with Gasteiger partial charge in [-0.1, -0.05) is 48.0 Å². The summed E-state index contributed by atoms with van der Waals surface area (Å²) in [5.74, 6) is 2.12. The van der Waals surface area contributed by atoms with Crippen molar-refractivity contribution in [2.24, 2.45) is 11.8 Å². The van der Waals surface area contributed by atoms with Crippen molar-refractivity contribution in [3.8, 4) is 5.75 Å². The average molecular weight is 301 g/mol. The molecule has 3 heteroatoms. The van der Waals surface area contributed by atoms with Crippen LogP contribution in [0.3, 0.4) is 0 Å². The summed E-state index contributed by atoms with van der Waals surface area (Å²) < 4.78 is 11.2. The van der Waals surface area contributed by atoms with E-state index in [1.54, 1.807) is 0 Å². The van der Waals surface area contributed by atoms with Crippen molar-refractivity contribution in [1.29, 1.82) is 0 Å². The molecule has 0 aliphatic rings. The summed E-state index contributed by atoms with van der Waals surface area (Å²) in [5, 5.41) is 0.990. The highest BCUT2D eigenvalue weighted by molar-refractivity contribution is 9.09. The lowest BCUT2D eigenvalue weighted by Crippen LogP contribution is -2.19. The van der Waals surface area contributed by atoms with Gasteiger partial charge in [-0.2, -0.15) is 0 Å². The second-order valence-electron chi connectivity index (χ2n) is 4.39. The third kappa shape index (κ3) is 6.08. The second kappa shape index (κ2) is 8.54. The van der Waals surface area contributed by atoms with Gasteiger partial charge in [-0.25, -0.2) is 0 Å². The van der Waals surface area contributed by atoms with Gasteiger partial charge in [0.25, 0.3) is 0 Å². The van der Waals surface area contributed by atoms with Crippen LogP contribution in [0, 0.1) is 11.8 Å². The van der Waals surface area contributed by atoms with Crippen LogP contribution in [0.4, 0.5) is 0 Å². The van der Waals surface area contributed by atoms with Gasteiger partial charge in [0.2, 0.25) is 0 Å². The van der Waals surface area contributed by atoms with Crippen molar-refractivity contribution in [2.75, 3.05) is 25.2 Å². The molecule has 0 aromatic heterocycles. The summed E-state index contributed by atoms with van der Waals surface area (Å²) in [7, 11) is 0. The van der Waals surface area contributed by atoms with E-state index in [9.17, 15) is 0 Å². The molecule has 1 atom stereocenters. The molecule has 0 aliphatic heterocycles. The molecule has 17 heavy (non-hydrogen) atoms. The van der Waals surface area contributed by atoms with E-state index in [1.165, 1.54) is 0 Å². The highest BCUT2D eigenvalue weighted by atomic mass is 79.9. The first kappa shape index (κ1) is 14.5. The lowest BCUT2D eigenvalue weighted by Gasteiger charge is -2.18. The standard InChI is InChI=1S/C14H21BrO2/c1-12(2)13(10-15)11-16-8-9-17-14-6-4-3-5-7-14/h3-7,12-13H,8-11H2,1-2H3. The molecule has 2 nitrogen and oxygen atoms in total. The Labute approximate surface area is 112 Å². The molecule has 0 spiro atoms. The molecule has 0 saturated heterocycles. The normalized spacial score (nSPS) is 12.7. The van der Waals surface area contributed by atoms with E-state index in [2.05, 4.69) is 29.8 Å². The Bertz CT molecular complexity index is 288. The maximum atomic E-state index is 5.61. The summed E-state index contributed by atoms with van der Waals surface area (Å²) in [4.78, 5) is 0. The van der Waals surface area contributed by atoms with Crippen LogP contribution in [0.1, 0.15) is 13.8 Å². The molecule has 0 aliphatic carbocycles. The van der Waals surface area contributed by atoms with Gasteiger partial charge in [0, 0.05) is 5.33 Å². The van der Waals surface area contributed by atoms with Crippen LogP contribution in [0.2, 0.25) is 0 Å². The molecule has 0 heterocycles. The van der Waals surface area contributed by atoms with Crippen molar-refractivity contribution in [2.45, 2.75) is 13.8 Å². The molecule has 1 aromatic carbocycles. The topological polar surface area (TPSA) is 18.5 Å². The fraction of sp³-hybridized carbons (Fsp3) is 0.571. The second-order valence-corrected chi connectivity index (χ2v) is 5.04. The number of alkyl halides is 1. The van der Waals surface area contributed by atoms with Gasteiger partial charge in [-0.05, 0) is 24.0 Å². The predicted molar refractivity (Wildman–Crippen MR) is 74.9 cm³/mol. The fourth-order valence-corrected chi connectivity index (χ4v) is 2.32. The molecular formula is C14H21BrO2. The van der Waals surface area contributed by atoms with Gasteiger partial charge in [-0.3, -0.25) is 0 Å². The van der Waals surface area contributed by atoms with Crippen molar-refractivity contribution in [1.82, 2.24) is 0 Å². The van der Waals surface area contributed by atoms with Gasteiger partial charge < -0.3 is 9.47 Å². The van der Waals surface area contributed by atoms with Crippen LogP contribution in [-0.4, -0.2) is 25.2 Å². The zero-order valence-corrected chi connectivity index (χ0v) is 12.2. The average Bonchev–Trinajstić information content (AvgIpc) is 2.34. The molecule has 0 N–H and O–H groups in total. The van der Waals surface area contributed by atoms with Gasteiger partial charge in [0.1, 0.15) is 12.4 Å². The number of hydrogen-bond acceptors (Lipinski definition) is 2. The van der Waals surface area contributed by atoms with Gasteiger partial charge in [0.05, 0.1) is 13.2 Å². The van der Waals surface area contributed by atoms with E-state index < -0.39 is 0 Å². The number of benzene rings is 1. The Kier molecular flexibility index (Phi) is 7.29. The first-order valence-corrected chi connectivity index (χ1v) is 7.17. The largest absolute Gasteiger partial charge is 0.491 e. The van der Waals surface area contributed by atoms with Gasteiger partial charge in [-0.15, -0.1) is 0 Å². The molecule has 0 radical (unpaired) electrons. The van der Waals surface area contributed by atoms with Crippen LogP contribution in [0.15, 0.2) is 30.3 Å². The molecule has 96 valence electrons. The fourth-order valence-electron chi connectivity index (χ4n) is 1.39. The summed E-state index contributed by atoms with van der Waals surface area (Å²) in [6.07, 6.45) is 0. The van der Waals surface area contributed by atoms with Crippen LogP contribution in [-0.2, 0) is 4.74 Å². The minimum Gasteiger partial charge on any atom is -0.491 e. The summed E-state index contributed by atoms with van der Waals surface area (Å²) in [6, 6.07) is 9.82. The Balaban J connectivity index is 2.08. The van der Waals surface area contributed by atoms with Crippen LogP contribution in [0.25, 0.3) is 0 Å². The van der Waals surface area contributed by atoms with Crippen LogP contribution in [0.5, 0.6) is 5.75 Å². The van der Waals surface area contributed by atoms with Gasteiger partial charge >= 0.3 is 0 Å². The predicted octanol–water partition coefficient (Wildman–Crippen LogP) is 3.75. The summed E-state index contributed by atoms with van der Waals surface area (Å²) >= 11 is 3.51. The maximum Gasteiger partial charge on any atom is 0.119 e. The molecule has 0 fully saturated rings. The minimum atomic E-state index is 0.576. The van der Waals surface area contributed by atoms with Crippen LogP contribution >= 0.6 is 15.9 Å². The molecular weight excluding hydrogens is 280 g/mol. The third-order valence-corrected chi connectivity index (χ3v) is 3.54. The Hall–Kier alpha value is -0.540. The molecule has 1 rings (SSSR count). The lowest BCUT2D eigenvalue weighted by molar-refractivity contribution is 0.0684. The third-order valence-electron chi connectivity index (χ3n) is 2.71. The minimum absolute atomic E-state index is 0.576. The SMILES string of the molecule is CC(C)C(CBr)COCCOc1ccccc1. The van der Waals surface area contributed by atoms with E-state index in [-0.39, 0.29) is 0 Å². The Morgan fingerprint density at radius 2 is 1.82 bits per heavy atom. The number of halogens is 1. The first-order valence-electron chi connectivity index (χ1n) is 6.05. The molecule has 1 unspecified atom stereocenters. The van der Waals surface area contributed by atoms with Gasteiger partial charge in [0.15, 0.2) is 0 Å². The van der Waals surface area contributed by atoms with Crippen molar-refractivity contribution in [3.05, 3.63) is 30.3 Å². The summed E-state index contributed by atoms with van der Waals surface area (Å²) in [6.45, 7) is 6.48. The van der Waals surface area contributed by atoms with Crippen molar-refractivity contribution < 1.29 is 9.47 Å². The summed E-state index contributed by atoms with van der Waals surface area (Å²) in [5.41, 5.74) is 0. The first-order chi connectivity index (χ1) is 8.24. The van der Waals surface area contributed by atoms with E-state index >= 15 is 0 Å². The zero-order chi connectivity index (χ0) is 12.5. The number of para-hydroxylation sites is 1. The maximum absolute atomic E-state index is 5.61. The van der Waals surface area contributed by atoms with Crippen molar-refractivity contribution in [3.63, 3.8) is 0 Å². The van der Waals surface area contributed by atoms with E-state index in [0.717, 1.165) is 17.7 Å². The van der Waals surface area contributed by atoms with Crippen molar-refractivity contribution >= 4 is 15.9 Å². The zero-order valence-electron chi connectivity index (χ0n) is 10.6. The van der Waals surface area contributed by atoms with E-state index in [4.69, 9.17) is 9.47 Å². The lowest BCUT2D eigenvalue weighted by atomic mass is 9.99. The molecule has 1 aromatic rings. The molecule has 0 saturated carbocycles. The number of hydrogen-bond donors (Lipinski definition) is 0. The quantitative estimate of drug-likeness (QED) is 0.538.